The molecule has 2 amide bonds. The highest BCUT2D eigenvalue weighted by Crippen LogP contribution is 2.38. The van der Waals surface area contributed by atoms with E-state index in [9.17, 15) is 19.5 Å². The zero-order chi connectivity index (χ0) is 31.2. The van der Waals surface area contributed by atoms with Gasteiger partial charge in [-0.05, 0) is 50.7 Å². The minimum absolute atomic E-state index is 0.0190. The molecule has 0 radical (unpaired) electrons. The normalized spacial score (nSPS) is 22.1. The average Bonchev–Trinajstić information content (AvgIpc) is 2.98. The highest BCUT2D eigenvalue weighted by molar-refractivity contribution is 6.33. The maximum Gasteiger partial charge on any atom is 0.342 e. The molecule has 1 unspecified atom stereocenters. The summed E-state index contributed by atoms with van der Waals surface area (Å²) in [6.07, 6.45) is 11.2. The number of allylic oxidation sites excluding steroid dienone is 1. The Labute approximate surface area is 257 Å². The zero-order valence-electron chi connectivity index (χ0n) is 25.1. The van der Waals surface area contributed by atoms with Crippen molar-refractivity contribution in [3.05, 3.63) is 46.5 Å². The third kappa shape index (κ3) is 10.9. The molecule has 2 atom stereocenters. The number of benzene rings is 1. The second kappa shape index (κ2) is 17.5. The minimum atomic E-state index is -0.665. The molecule has 2 heterocycles. The van der Waals surface area contributed by atoms with Gasteiger partial charge in [0.1, 0.15) is 23.2 Å². The molecule has 1 fully saturated rings. The van der Waals surface area contributed by atoms with E-state index in [1.165, 1.54) is 20.1 Å². The molecule has 0 bridgehead atoms. The molecule has 3 rings (SSSR count). The fourth-order valence-corrected chi connectivity index (χ4v) is 4.97. The van der Waals surface area contributed by atoms with Crippen LogP contribution in [0.2, 0.25) is 5.02 Å². The van der Waals surface area contributed by atoms with Crippen LogP contribution in [0.15, 0.2) is 35.5 Å². The van der Waals surface area contributed by atoms with Crippen LogP contribution in [0.4, 0.5) is 0 Å². The standard InChI is InChI=1S/C31H42ClN3O8/c1-21-10-7-12-24(41-17-9-14-33-22(2)36)13-8-11-23(34-42-20-28(38)35-15-5-4-6-16-35)18-25-29(31(39)43-21)27(40-3)19-26(37)30(25)32/h7-8,11-12,19,21,24,37H,4-6,9-10,13-18,20H2,1-3H3,(H,33,36)/b11-8+,12-7+,34-23+/t21-,24?/m1/s1. The van der Waals surface area contributed by atoms with Gasteiger partial charge in [-0.2, -0.15) is 0 Å². The second-order valence-corrected chi connectivity index (χ2v) is 10.9. The Bertz CT molecular complexity index is 1210. The molecule has 11 nitrogen and oxygen atoms in total. The number of aromatic hydroxyl groups is 1. The summed E-state index contributed by atoms with van der Waals surface area (Å²) in [5.74, 6) is -1.07. The molecule has 0 saturated carbocycles. The molecule has 2 aliphatic rings. The van der Waals surface area contributed by atoms with E-state index in [-0.39, 0.29) is 58.6 Å². The van der Waals surface area contributed by atoms with Crippen LogP contribution in [0.25, 0.3) is 0 Å². The maximum atomic E-state index is 13.4. The number of carbonyl (C=O) groups excluding carboxylic acids is 3. The van der Waals surface area contributed by atoms with Gasteiger partial charge in [0.05, 0.1) is 23.9 Å². The number of ether oxygens (including phenoxy) is 3. The molecule has 43 heavy (non-hydrogen) atoms. The second-order valence-electron chi connectivity index (χ2n) is 10.5. The van der Waals surface area contributed by atoms with E-state index in [0.717, 1.165) is 19.3 Å². The van der Waals surface area contributed by atoms with Crippen LogP contribution in [0.1, 0.15) is 68.3 Å². The van der Waals surface area contributed by atoms with E-state index in [1.807, 2.05) is 18.2 Å². The van der Waals surface area contributed by atoms with E-state index < -0.39 is 12.1 Å². The number of oxime groups is 1. The van der Waals surface area contributed by atoms with E-state index in [2.05, 4.69) is 10.5 Å². The predicted molar refractivity (Wildman–Crippen MR) is 163 cm³/mol. The number of phenols is 1. The van der Waals surface area contributed by atoms with Crippen molar-refractivity contribution in [3.8, 4) is 11.5 Å². The summed E-state index contributed by atoms with van der Waals surface area (Å²) in [6, 6.07) is 1.27. The SMILES string of the molecule is COc1cc(O)c(Cl)c2c1C(=O)O[C@H](C)C/C=C/C(OCCCNC(C)=O)C/C=C/C(=N\OCC(=O)N1CCCCC1)C2. The van der Waals surface area contributed by atoms with Gasteiger partial charge in [0.2, 0.25) is 5.91 Å². The number of nitrogens with one attached hydrogen (secondary N) is 1. The monoisotopic (exact) mass is 619 g/mol. The molecule has 236 valence electrons. The first-order chi connectivity index (χ1) is 20.7. The fourth-order valence-electron chi connectivity index (χ4n) is 4.75. The summed E-state index contributed by atoms with van der Waals surface area (Å²) >= 11 is 6.52. The largest absolute Gasteiger partial charge is 0.506 e. The van der Waals surface area contributed by atoms with Crippen molar-refractivity contribution in [3.63, 3.8) is 0 Å². The van der Waals surface area contributed by atoms with Gasteiger partial charge in [-0.3, -0.25) is 9.59 Å². The van der Waals surface area contributed by atoms with Crippen LogP contribution in [0, 0.1) is 0 Å². The molecular formula is C31H42ClN3O8. The van der Waals surface area contributed by atoms with Crippen LogP contribution in [0.5, 0.6) is 11.5 Å². The Hall–Kier alpha value is -3.57. The van der Waals surface area contributed by atoms with Gasteiger partial charge >= 0.3 is 5.97 Å². The molecule has 1 aromatic rings. The van der Waals surface area contributed by atoms with E-state index >= 15 is 0 Å². The lowest BCUT2D eigenvalue weighted by Gasteiger charge is -2.26. The molecule has 0 aliphatic carbocycles. The van der Waals surface area contributed by atoms with Crippen molar-refractivity contribution in [2.24, 2.45) is 5.16 Å². The van der Waals surface area contributed by atoms with E-state index in [1.54, 1.807) is 17.9 Å². The Balaban J connectivity index is 1.89. The summed E-state index contributed by atoms with van der Waals surface area (Å²) in [5.41, 5.74) is 0.682. The number of phenolic OH excluding ortho intramolecular Hbond substituents is 1. The summed E-state index contributed by atoms with van der Waals surface area (Å²) in [6.45, 7) is 5.33. The summed E-state index contributed by atoms with van der Waals surface area (Å²) in [4.78, 5) is 44.4. The van der Waals surface area contributed by atoms with Gasteiger partial charge < -0.3 is 34.4 Å². The van der Waals surface area contributed by atoms with Crippen LogP contribution in [-0.2, 0) is 30.3 Å². The number of fused-ring (bicyclic) bond motifs is 1. The summed E-state index contributed by atoms with van der Waals surface area (Å²) in [7, 11) is 1.38. The predicted octanol–water partition coefficient (Wildman–Crippen LogP) is 4.34. The number of amides is 2. The molecule has 2 aliphatic heterocycles. The lowest BCUT2D eigenvalue weighted by atomic mass is 9.99. The van der Waals surface area contributed by atoms with Crippen molar-refractivity contribution < 1.29 is 38.5 Å². The van der Waals surface area contributed by atoms with Crippen LogP contribution in [-0.4, -0.2) is 85.7 Å². The van der Waals surface area contributed by atoms with Crippen molar-refractivity contribution in [2.45, 2.75) is 71.0 Å². The lowest BCUT2D eigenvalue weighted by Crippen LogP contribution is -2.37. The van der Waals surface area contributed by atoms with E-state index in [4.69, 9.17) is 30.6 Å². The number of cyclic esters (lactones) is 1. The number of halogens is 1. The number of hydrogen-bond acceptors (Lipinski definition) is 9. The number of likely N-dealkylation sites (tertiary alicyclic amines) is 1. The van der Waals surface area contributed by atoms with Crippen LogP contribution >= 0.6 is 11.6 Å². The molecule has 2 N–H and O–H groups in total. The first-order valence-corrected chi connectivity index (χ1v) is 15.0. The highest BCUT2D eigenvalue weighted by atomic mass is 35.5. The molecule has 0 spiro atoms. The number of nitrogens with zero attached hydrogens (tertiary/aromatic N) is 2. The third-order valence-corrected chi connectivity index (χ3v) is 7.42. The highest BCUT2D eigenvalue weighted by Gasteiger charge is 2.26. The average molecular weight is 620 g/mol. The molecule has 1 saturated heterocycles. The molecule has 12 heteroatoms. The smallest absolute Gasteiger partial charge is 0.342 e. The Kier molecular flexibility index (Phi) is 13.8. The van der Waals surface area contributed by atoms with E-state index in [0.29, 0.717) is 51.2 Å². The Morgan fingerprint density at radius 2 is 1.98 bits per heavy atom. The number of esters is 1. The third-order valence-electron chi connectivity index (χ3n) is 7.00. The van der Waals surface area contributed by atoms with Crippen molar-refractivity contribution in [1.82, 2.24) is 10.2 Å². The fraction of sp³-hybridized carbons (Fsp3) is 0.548. The van der Waals surface area contributed by atoms with Gasteiger partial charge in [0, 0.05) is 52.1 Å². The molecular weight excluding hydrogens is 578 g/mol. The van der Waals surface area contributed by atoms with Gasteiger partial charge in [0.25, 0.3) is 5.91 Å². The summed E-state index contributed by atoms with van der Waals surface area (Å²) < 4.78 is 17.1. The van der Waals surface area contributed by atoms with Gasteiger partial charge in [-0.15, -0.1) is 0 Å². The lowest BCUT2D eigenvalue weighted by molar-refractivity contribution is -0.137. The Morgan fingerprint density at radius 3 is 2.70 bits per heavy atom. The van der Waals surface area contributed by atoms with Crippen molar-refractivity contribution >= 4 is 35.1 Å². The maximum absolute atomic E-state index is 13.4. The van der Waals surface area contributed by atoms with Gasteiger partial charge in [-0.1, -0.05) is 35.0 Å². The van der Waals surface area contributed by atoms with Crippen LogP contribution < -0.4 is 10.1 Å². The van der Waals surface area contributed by atoms with Crippen LogP contribution in [0.3, 0.4) is 0 Å². The van der Waals surface area contributed by atoms with Gasteiger partial charge in [0.15, 0.2) is 6.61 Å². The number of carbonyl (C=O) groups is 3. The van der Waals surface area contributed by atoms with Crippen molar-refractivity contribution in [1.29, 1.82) is 0 Å². The number of rotatable bonds is 9. The number of hydrogen-bond donors (Lipinski definition) is 2. The first kappa shape index (κ1) is 33.9. The van der Waals surface area contributed by atoms with Crippen molar-refractivity contribution in [2.75, 3.05) is 40.0 Å². The molecule has 0 aromatic heterocycles. The quantitative estimate of drug-likeness (QED) is 0.180. The minimum Gasteiger partial charge on any atom is -0.506 e. The topological polar surface area (TPSA) is 136 Å². The number of piperidine rings is 1. The number of methoxy groups -OCH3 is 1. The zero-order valence-corrected chi connectivity index (χ0v) is 25.9. The summed E-state index contributed by atoms with van der Waals surface area (Å²) in [5, 5.41) is 17.4. The molecule has 1 aromatic carbocycles. The first-order valence-electron chi connectivity index (χ1n) is 14.6. The van der Waals surface area contributed by atoms with Gasteiger partial charge in [-0.25, -0.2) is 4.79 Å². The Morgan fingerprint density at radius 1 is 1.21 bits per heavy atom.